The molecule has 1 fully saturated rings. The molecule has 3 heterocycles. The molecule has 0 radical (unpaired) electrons. The van der Waals surface area contributed by atoms with Crippen LogP contribution in [0.15, 0.2) is 23.7 Å². The van der Waals surface area contributed by atoms with E-state index in [1.54, 1.807) is 42.8 Å². The molecule has 0 spiro atoms. The Hall–Kier alpha value is -3.34. The lowest BCUT2D eigenvalue weighted by atomic mass is 10.2. The number of methoxy groups -OCH3 is 2. The normalized spacial score (nSPS) is 14.1. The standard InChI is InChI=1S/C18H21N7O3S/c1-27-11-3-4-12(13(9-11)28-2)21-18(26)25-7-5-24(6-8-25)15-14-16(29-10-20-14)23-17(19)22-15/h3-4,9-10H,5-8H2,1-2H3,(H,21,26)(H2,19,22,23). The van der Waals surface area contributed by atoms with Crippen molar-refractivity contribution >= 4 is 45.2 Å². The van der Waals surface area contributed by atoms with E-state index in [2.05, 4.69) is 25.2 Å². The Morgan fingerprint density at radius 2 is 1.97 bits per heavy atom. The molecule has 1 aliphatic heterocycles. The molecule has 1 aromatic carbocycles. The number of hydrogen-bond donors (Lipinski definition) is 2. The van der Waals surface area contributed by atoms with E-state index in [0.717, 1.165) is 10.3 Å². The number of nitrogen functional groups attached to an aromatic ring is 1. The SMILES string of the molecule is COc1ccc(NC(=O)N2CCN(c3nc(N)nc4scnc34)CC2)c(OC)c1. The van der Waals surface area contributed by atoms with Gasteiger partial charge in [-0.25, -0.2) is 14.8 Å². The van der Waals surface area contributed by atoms with Crippen LogP contribution >= 0.6 is 11.3 Å². The first-order valence-electron chi connectivity index (χ1n) is 8.98. The molecule has 1 saturated heterocycles. The van der Waals surface area contributed by atoms with Crippen LogP contribution in [0, 0.1) is 0 Å². The summed E-state index contributed by atoms with van der Waals surface area (Å²) in [5.41, 5.74) is 8.90. The molecule has 10 nitrogen and oxygen atoms in total. The molecule has 3 aromatic rings. The average molecular weight is 415 g/mol. The maximum Gasteiger partial charge on any atom is 0.322 e. The highest BCUT2D eigenvalue weighted by Crippen LogP contribution is 2.30. The molecule has 0 bridgehead atoms. The number of anilines is 3. The molecule has 2 amide bonds. The molecule has 0 saturated carbocycles. The van der Waals surface area contributed by atoms with E-state index < -0.39 is 0 Å². The van der Waals surface area contributed by atoms with Crippen LogP contribution in [0.2, 0.25) is 0 Å². The van der Waals surface area contributed by atoms with Crippen molar-refractivity contribution in [3.63, 3.8) is 0 Å². The molecule has 152 valence electrons. The molecule has 1 aliphatic rings. The fourth-order valence-electron chi connectivity index (χ4n) is 3.20. The van der Waals surface area contributed by atoms with Crippen LogP contribution in [0.1, 0.15) is 0 Å². The number of carbonyl (C=O) groups excluding carboxylic acids is 1. The molecular weight excluding hydrogens is 394 g/mol. The number of hydrogen-bond acceptors (Lipinski definition) is 9. The lowest BCUT2D eigenvalue weighted by Crippen LogP contribution is -2.50. The maximum absolute atomic E-state index is 12.7. The second-order valence-corrected chi connectivity index (χ2v) is 7.22. The first-order valence-corrected chi connectivity index (χ1v) is 9.86. The Balaban J connectivity index is 1.43. The highest BCUT2D eigenvalue weighted by Gasteiger charge is 2.25. The summed E-state index contributed by atoms with van der Waals surface area (Å²) in [5, 5.41) is 2.90. The van der Waals surface area contributed by atoms with Crippen LogP contribution in [0.5, 0.6) is 11.5 Å². The number of nitrogens with two attached hydrogens (primary N) is 1. The first-order chi connectivity index (χ1) is 14.1. The number of ether oxygens (including phenoxy) is 2. The number of aromatic nitrogens is 3. The zero-order chi connectivity index (χ0) is 20.4. The van der Waals surface area contributed by atoms with Gasteiger partial charge in [-0.2, -0.15) is 4.98 Å². The minimum absolute atomic E-state index is 0.186. The van der Waals surface area contributed by atoms with E-state index in [-0.39, 0.29) is 12.0 Å². The smallest absolute Gasteiger partial charge is 0.322 e. The fourth-order valence-corrected chi connectivity index (χ4v) is 3.86. The number of fused-ring (bicyclic) bond motifs is 1. The predicted octanol–water partition coefficient (Wildman–Crippen LogP) is 2.04. The summed E-state index contributed by atoms with van der Waals surface area (Å²) in [6.07, 6.45) is 0. The van der Waals surface area contributed by atoms with Gasteiger partial charge < -0.3 is 30.3 Å². The molecule has 4 rings (SSSR count). The second kappa shape index (κ2) is 7.95. The van der Waals surface area contributed by atoms with Gasteiger partial charge in [0, 0.05) is 32.2 Å². The summed E-state index contributed by atoms with van der Waals surface area (Å²) in [4.78, 5) is 30.2. The molecule has 29 heavy (non-hydrogen) atoms. The van der Waals surface area contributed by atoms with Gasteiger partial charge in [0.05, 0.1) is 25.4 Å². The molecule has 0 unspecified atom stereocenters. The van der Waals surface area contributed by atoms with Crippen molar-refractivity contribution in [2.45, 2.75) is 0 Å². The summed E-state index contributed by atoms with van der Waals surface area (Å²) in [5.74, 6) is 2.14. The van der Waals surface area contributed by atoms with Gasteiger partial charge >= 0.3 is 6.03 Å². The van der Waals surface area contributed by atoms with Gasteiger partial charge in [0.25, 0.3) is 0 Å². The van der Waals surface area contributed by atoms with E-state index >= 15 is 0 Å². The summed E-state index contributed by atoms with van der Waals surface area (Å²) in [6.45, 7) is 2.33. The lowest BCUT2D eigenvalue weighted by Gasteiger charge is -2.35. The number of carbonyl (C=O) groups is 1. The highest BCUT2D eigenvalue weighted by atomic mass is 32.1. The van der Waals surface area contributed by atoms with E-state index in [4.69, 9.17) is 15.2 Å². The molecule has 3 N–H and O–H groups in total. The van der Waals surface area contributed by atoms with Gasteiger partial charge in [-0.05, 0) is 12.1 Å². The van der Waals surface area contributed by atoms with Gasteiger partial charge in [-0.15, -0.1) is 11.3 Å². The van der Waals surface area contributed by atoms with E-state index in [1.807, 2.05) is 0 Å². The molecular formula is C18H21N7O3S. The maximum atomic E-state index is 12.7. The number of rotatable bonds is 4. The molecule has 2 aromatic heterocycles. The van der Waals surface area contributed by atoms with E-state index in [1.165, 1.54) is 11.3 Å². The van der Waals surface area contributed by atoms with E-state index in [9.17, 15) is 4.79 Å². The van der Waals surface area contributed by atoms with Crippen molar-refractivity contribution in [3.05, 3.63) is 23.7 Å². The minimum atomic E-state index is -0.186. The van der Waals surface area contributed by atoms with Crippen molar-refractivity contribution in [3.8, 4) is 11.5 Å². The van der Waals surface area contributed by atoms with Crippen LogP contribution in [0.25, 0.3) is 10.3 Å². The number of amides is 2. The first kappa shape index (κ1) is 19.0. The van der Waals surface area contributed by atoms with Crippen molar-refractivity contribution in [2.24, 2.45) is 0 Å². The van der Waals surface area contributed by atoms with Gasteiger partial charge in [0.15, 0.2) is 10.6 Å². The number of urea groups is 1. The van der Waals surface area contributed by atoms with Crippen molar-refractivity contribution in [2.75, 3.05) is 56.3 Å². The Morgan fingerprint density at radius 3 is 2.69 bits per heavy atom. The Labute approximate surface area is 171 Å². The van der Waals surface area contributed by atoms with Crippen LogP contribution in [-0.2, 0) is 0 Å². The third kappa shape index (κ3) is 3.81. The largest absolute Gasteiger partial charge is 0.497 e. The molecule has 0 aliphatic carbocycles. The van der Waals surface area contributed by atoms with Crippen LogP contribution in [0.3, 0.4) is 0 Å². The average Bonchev–Trinajstić information content (AvgIpc) is 3.21. The molecule has 0 atom stereocenters. The second-order valence-electron chi connectivity index (χ2n) is 6.38. The van der Waals surface area contributed by atoms with Gasteiger partial charge in [-0.1, -0.05) is 0 Å². The third-order valence-electron chi connectivity index (χ3n) is 4.71. The zero-order valence-electron chi connectivity index (χ0n) is 16.1. The minimum Gasteiger partial charge on any atom is -0.497 e. The number of nitrogens with one attached hydrogen (secondary N) is 1. The van der Waals surface area contributed by atoms with Crippen molar-refractivity contribution in [1.29, 1.82) is 0 Å². The predicted molar refractivity (Wildman–Crippen MR) is 112 cm³/mol. The summed E-state index contributed by atoms with van der Waals surface area (Å²) in [7, 11) is 3.13. The summed E-state index contributed by atoms with van der Waals surface area (Å²) in [6, 6.07) is 5.07. The Kier molecular flexibility index (Phi) is 5.21. The highest BCUT2D eigenvalue weighted by molar-refractivity contribution is 7.16. The van der Waals surface area contributed by atoms with Gasteiger partial charge in [0.1, 0.15) is 17.0 Å². The van der Waals surface area contributed by atoms with Gasteiger partial charge in [-0.3, -0.25) is 0 Å². The topological polar surface area (TPSA) is 119 Å². The quantitative estimate of drug-likeness (QED) is 0.664. The van der Waals surface area contributed by atoms with Gasteiger partial charge in [0.2, 0.25) is 5.95 Å². The Bertz CT molecular complexity index is 1030. The van der Waals surface area contributed by atoms with Crippen LogP contribution in [-0.4, -0.2) is 66.3 Å². The van der Waals surface area contributed by atoms with E-state index in [0.29, 0.717) is 49.2 Å². The molecule has 11 heteroatoms. The number of piperazine rings is 1. The van der Waals surface area contributed by atoms with Crippen LogP contribution < -0.4 is 25.4 Å². The Morgan fingerprint density at radius 1 is 1.17 bits per heavy atom. The number of nitrogens with zero attached hydrogens (tertiary/aromatic N) is 5. The monoisotopic (exact) mass is 415 g/mol. The summed E-state index contributed by atoms with van der Waals surface area (Å²) >= 11 is 1.43. The zero-order valence-corrected chi connectivity index (χ0v) is 16.9. The third-order valence-corrected chi connectivity index (χ3v) is 5.43. The van der Waals surface area contributed by atoms with Crippen LogP contribution in [0.4, 0.5) is 22.2 Å². The van der Waals surface area contributed by atoms with Crippen molar-refractivity contribution < 1.29 is 14.3 Å². The number of benzene rings is 1. The lowest BCUT2D eigenvalue weighted by molar-refractivity contribution is 0.208. The van der Waals surface area contributed by atoms with Crippen molar-refractivity contribution in [1.82, 2.24) is 19.9 Å². The fraction of sp³-hybridized carbons (Fsp3) is 0.333. The summed E-state index contributed by atoms with van der Waals surface area (Å²) < 4.78 is 10.5. The number of thiazole rings is 1.